The SMILES string of the molecule is CCC(CC)(CN)C(=O)N1CCOC[C@H]1C. The zero-order valence-electron chi connectivity index (χ0n) is 10.7. The Kier molecular flexibility index (Phi) is 4.74. The smallest absolute Gasteiger partial charge is 0.230 e. The van der Waals surface area contributed by atoms with Gasteiger partial charge in [-0.1, -0.05) is 13.8 Å². The molecule has 1 rings (SSSR count). The molecule has 0 aliphatic carbocycles. The van der Waals surface area contributed by atoms with Gasteiger partial charge in [0.15, 0.2) is 0 Å². The third kappa shape index (κ3) is 2.38. The summed E-state index contributed by atoms with van der Waals surface area (Å²) < 4.78 is 5.35. The van der Waals surface area contributed by atoms with Crippen molar-refractivity contribution in [2.45, 2.75) is 39.7 Å². The molecular formula is C12H24N2O2. The molecule has 1 heterocycles. The summed E-state index contributed by atoms with van der Waals surface area (Å²) in [6.45, 7) is 8.52. The van der Waals surface area contributed by atoms with Gasteiger partial charge in [0.2, 0.25) is 5.91 Å². The lowest BCUT2D eigenvalue weighted by Gasteiger charge is -2.40. The van der Waals surface area contributed by atoms with E-state index in [-0.39, 0.29) is 17.4 Å². The van der Waals surface area contributed by atoms with Crippen LogP contribution < -0.4 is 5.73 Å². The van der Waals surface area contributed by atoms with Crippen LogP contribution in [0.1, 0.15) is 33.6 Å². The van der Waals surface area contributed by atoms with Crippen LogP contribution in [0.2, 0.25) is 0 Å². The average molecular weight is 228 g/mol. The Bertz CT molecular complexity index is 231. The number of hydrogen-bond donors (Lipinski definition) is 1. The van der Waals surface area contributed by atoms with E-state index in [1.807, 2.05) is 25.7 Å². The third-order valence-corrected chi connectivity index (χ3v) is 3.83. The molecule has 0 unspecified atom stereocenters. The maximum absolute atomic E-state index is 12.5. The Balaban J connectivity index is 2.80. The van der Waals surface area contributed by atoms with Crippen molar-refractivity contribution in [3.8, 4) is 0 Å². The van der Waals surface area contributed by atoms with Crippen LogP contribution in [0.15, 0.2) is 0 Å². The van der Waals surface area contributed by atoms with E-state index in [1.54, 1.807) is 0 Å². The lowest BCUT2D eigenvalue weighted by molar-refractivity contribution is -0.150. The number of hydrogen-bond acceptors (Lipinski definition) is 3. The first-order chi connectivity index (χ1) is 7.61. The molecule has 4 nitrogen and oxygen atoms in total. The molecule has 0 aromatic rings. The number of nitrogens with two attached hydrogens (primary N) is 1. The second-order valence-corrected chi connectivity index (χ2v) is 4.61. The van der Waals surface area contributed by atoms with Gasteiger partial charge in [-0.15, -0.1) is 0 Å². The molecule has 1 aliphatic heterocycles. The summed E-state index contributed by atoms with van der Waals surface area (Å²) in [7, 11) is 0. The zero-order chi connectivity index (χ0) is 12.2. The lowest BCUT2D eigenvalue weighted by Crippen LogP contribution is -2.54. The van der Waals surface area contributed by atoms with Gasteiger partial charge in [0.25, 0.3) is 0 Å². The average Bonchev–Trinajstić information content (AvgIpc) is 2.32. The van der Waals surface area contributed by atoms with Crippen LogP contribution in [0.5, 0.6) is 0 Å². The summed E-state index contributed by atoms with van der Waals surface area (Å²) >= 11 is 0. The molecule has 0 radical (unpaired) electrons. The van der Waals surface area contributed by atoms with Crippen molar-refractivity contribution in [2.75, 3.05) is 26.3 Å². The van der Waals surface area contributed by atoms with Crippen LogP contribution in [-0.4, -0.2) is 43.2 Å². The molecule has 0 aromatic heterocycles. The van der Waals surface area contributed by atoms with E-state index in [4.69, 9.17) is 10.5 Å². The van der Waals surface area contributed by atoms with Gasteiger partial charge < -0.3 is 15.4 Å². The molecule has 0 bridgehead atoms. The largest absolute Gasteiger partial charge is 0.377 e. The van der Waals surface area contributed by atoms with Crippen molar-refractivity contribution in [2.24, 2.45) is 11.1 Å². The van der Waals surface area contributed by atoms with E-state index in [1.165, 1.54) is 0 Å². The number of carbonyl (C=O) groups excluding carboxylic acids is 1. The first-order valence-corrected chi connectivity index (χ1v) is 6.20. The molecule has 1 atom stereocenters. The number of carbonyl (C=O) groups is 1. The first kappa shape index (κ1) is 13.5. The van der Waals surface area contributed by atoms with Crippen molar-refractivity contribution in [1.29, 1.82) is 0 Å². The van der Waals surface area contributed by atoms with Gasteiger partial charge in [-0.2, -0.15) is 0 Å². The van der Waals surface area contributed by atoms with Gasteiger partial charge in [-0.3, -0.25) is 4.79 Å². The first-order valence-electron chi connectivity index (χ1n) is 6.20. The van der Waals surface area contributed by atoms with Gasteiger partial charge in [0.05, 0.1) is 24.7 Å². The van der Waals surface area contributed by atoms with Crippen molar-refractivity contribution < 1.29 is 9.53 Å². The summed E-state index contributed by atoms with van der Waals surface area (Å²) in [4.78, 5) is 14.4. The second kappa shape index (κ2) is 5.64. The van der Waals surface area contributed by atoms with Crippen molar-refractivity contribution in [1.82, 2.24) is 4.90 Å². The Hall–Kier alpha value is -0.610. The number of morpholine rings is 1. The minimum Gasteiger partial charge on any atom is -0.377 e. The number of nitrogens with zero attached hydrogens (tertiary/aromatic N) is 1. The monoisotopic (exact) mass is 228 g/mol. The van der Waals surface area contributed by atoms with Crippen LogP contribution in [0.25, 0.3) is 0 Å². The van der Waals surface area contributed by atoms with Gasteiger partial charge >= 0.3 is 0 Å². The molecule has 1 amide bonds. The highest BCUT2D eigenvalue weighted by atomic mass is 16.5. The Morgan fingerprint density at radius 1 is 1.50 bits per heavy atom. The molecule has 0 aromatic carbocycles. The molecule has 1 fully saturated rings. The fourth-order valence-electron chi connectivity index (χ4n) is 2.26. The topological polar surface area (TPSA) is 55.6 Å². The molecule has 16 heavy (non-hydrogen) atoms. The summed E-state index contributed by atoms with van der Waals surface area (Å²) in [5.74, 6) is 0.204. The van der Waals surface area contributed by atoms with E-state index in [0.29, 0.717) is 26.3 Å². The van der Waals surface area contributed by atoms with Crippen LogP contribution in [0, 0.1) is 5.41 Å². The van der Waals surface area contributed by atoms with E-state index >= 15 is 0 Å². The van der Waals surface area contributed by atoms with Crippen molar-refractivity contribution >= 4 is 5.91 Å². The van der Waals surface area contributed by atoms with E-state index < -0.39 is 0 Å². The number of rotatable bonds is 4. The van der Waals surface area contributed by atoms with Crippen LogP contribution in [0.4, 0.5) is 0 Å². The minimum atomic E-state index is -0.369. The van der Waals surface area contributed by atoms with Crippen molar-refractivity contribution in [3.05, 3.63) is 0 Å². The quantitative estimate of drug-likeness (QED) is 0.781. The molecule has 4 heteroatoms. The van der Waals surface area contributed by atoms with Gasteiger partial charge in [0, 0.05) is 13.1 Å². The molecule has 2 N–H and O–H groups in total. The van der Waals surface area contributed by atoms with E-state index in [9.17, 15) is 4.79 Å². The van der Waals surface area contributed by atoms with Gasteiger partial charge in [-0.25, -0.2) is 0 Å². The van der Waals surface area contributed by atoms with Crippen molar-refractivity contribution in [3.63, 3.8) is 0 Å². The summed E-state index contributed by atoms with van der Waals surface area (Å²) in [5.41, 5.74) is 5.43. The highest BCUT2D eigenvalue weighted by molar-refractivity contribution is 5.83. The highest BCUT2D eigenvalue weighted by Gasteiger charge is 2.39. The third-order valence-electron chi connectivity index (χ3n) is 3.83. The zero-order valence-corrected chi connectivity index (χ0v) is 10.7. The predicted octanol–water partition coefficient (Wildman–Crippen LogP) is 0.999. The summed E-state index contributed by atoms with van der Waals surface area (Å²) in [6.07, 6.45) is 1.62. The van der Waals surface area contributed by atoms with Crippen LogP contribution in [-0.2, 0) is 9.53 Å². The molecular weight excluding hydrogens is 204 g/mol. The Labute approximate surface area is 98.1 Å². The molecule has 94 valence electrons. The Morgan fingerprint density at radius 3 is 2.56 bits per heavy atom. The molecule has 1 saturated heterocycles. The van der Waals surface area contributed by atoms with Crippen LogP contribution >= 0.6 is 0 Å². The molecule has 1 aliphatic rings. The maximum Gasteiger partial charge on any atom is 0.230 e. The Morgan fingerprint density at radius 2 is 2.12 bits per heavy atom. The van der Waals surface area contributed by atoms with Gasteiger partial charge in [-0.05, 0) is 19.8 Å². The minimum absolute atomic E-state index is 0.172. The molecule has 0 spiro atoms. The van der Waals surface area contributed by atoms with Crippen LogP contribution in [0.3, 0.4) is 0 Å². The standard InChI is InChI=1S/C12H24N2O2/c1-4-12(5-2,9-13)11(15)14-6-7-16-8-10(14)3/h10H,4-9,13H2,1-3H3/t10-/m1/s1. The second-order valence-electron chi connectivity index (χ2n) is 4.61. The maximum atomic E-state index is 12.5. The lowest BCUT2D eigenvalue weighted by atomic mass is 9.80. The summed E-state index contributed by atoms with van der Waals surface area (Å²) in [5, 5.41) is 0. The van der Waals surface area contributed by atoms with E-state index in [0.717, 1.165) is 12.8 Å². The van der Waals surface area contributed by atoms with E-state index in [2.05, 4.69) is 0 Å². The number of amides is 1. The van der Waals surface area contributed by atoms with Gasteiger partial charge in [0.1, 0.15) is 0 Å². The summed E-state index contributed by atoms with van der Waals surface area (Å²) in [6, 6.07) is 0.172. The number of ether oxygens (including phenoxy) is 1. The fourth-order valence-corrected chi connectivity index (χ4v) is 2.26. The normalized spacial score (nSPS) is 22.2. The predicted molar refractivity (Wildman–Crippen MR) is 64.1 cm³/mol. The fraction of sp³-hybridized carbons (Fsp3) is 0.917. The molecule has 0 saturated carbocycles. The highest BCUT2D eigenvalue weighted by Crippen LogP contribution is 2.29.